The minimum Gasteiger partial charge on any atom is -0.507 e. The van der Waals surface area contributed by atoms with E-state index in [0.29, 0.717) is 11.5 Å². The maximum atomic E-state index is 14.2. The van der Waals surface area contributed by atoms with Gasteiger partial charge in [0.1, 0.15) is 5.75 Å². The van der Waals surface area contributed by atoms with Crippen LogP contribution in [0.15, 0.2) is 30.3 Å². The van der Waals surface area contributed by atoms with Crippen molar-refractivity contribution in [3.8, 4) is 16.9 Å². The summed E-state index contributed by atoms with van der Waals surface area (Å²) in [6, 6.07) is 9.72. The van der Waals surface area contributed by atoms with Crippen molar-refractivity contribution in [2.75, 3.05) is 0 Å². The normalized spacial score (nSPS) is 28.2. The van der Waals surface area contributed by atoms with Gasteiger partial charge in [0.15, 0.2) is 34.7 Å². The summed E-state index contributed by atoms with van der Waals surface area (Å²) >= 11 is 0. The molecule has 234 valence electrons. The van der Waals surface area contributed by atoms with Crippen molar-refractivity contribution in [1.82, 2.24) is 0 Å². The molecule has 0 saturated heterocycles. The number of amides is 1. The number of nitrogens with two attached hydrogens (primary N) is 1. The third kappa shape index (κ3) is 4.73. The van der Waals surface area contributed by atoms with Crippen LogP contribution in [0.3, 0.4) is 0 Å². The fourth-order valence-electron chi connectivity index (χ4n) is 8.33. The van der Waals surface area contributed by atoms with E-state index in [0.717, 1.165) is 42.4 Å². The Kier molecular flexibility index (Phi) is 8.44. The number of benzene rings is 2. The van der Waals surface area contributed by atoms with Crippen molar-refractivity contribution in [3.05, 3.63) is 52.6 Å². The van der Waals surface area contributed by atoms with E-state index in [2.05, 4.69) is 39.0 Å². The Labute approximate surface area is 258 Å². The number of carbonyl (C=O) groups is 5. The van der Waals surface area contributed by atoms with Gasteiger partial charge in [0, 0.05) is 11.8 Å². The van der Waals surface area contributed by atoms with Crippen molar-refractivity contribution < 1.29 is 34.2 Å². The van der Waals surface area contributed by atoms with Crippen molar-refractivity contribution >= 4 is 29.0 Å². The Hall–Kier alpha value is -3.65. The second kappa shape index (κ2) is 11.7. The Bertz CT molecular complexity index is 1550. The summed E-state index contributed by atoms with van der Waals surface area (Å²) in [7, 11) is 0. The zero-order chi connectivity index (χ0) is 32.2. The Morgan fingerprint density at radius 1 is 1.00 bits per heavy atom. The highest BCUT2D eigenvalue weighted by Gasteiger charge is 2.69. The molecule has 5 rings (SSSR count). The summed E-state index contributed by atoms with van der Waals surface area (Å²) in [5, 5.41) is 22.8. The quantitative estimate of drug-likeness (QED) is 0.379. The van der Waals surface area contributed by atoms with Gasteiger partial charge in [-0.25, -0.2) is 0 Å². The predicted octanol–water partition coefficient (Wildman–Crippen LogP) is 4.42. The van der Waals surface area contributed by atoms with Gasteiger partial charge in [-0.05, 0) is 77.3 Å². The molecule has 2 saturated carbocycles. The standard InChI is InChI=1S/C36H43NO7/c1-6-18(7-2)13-19-9-10-20(8-3)23(14-19)22-11-12-26(38)29-24(22)15-21-16-25-27(17(4)5)31(39)30(35(37)43)34(42)36(25,44)33(41)28(21)32(29)40/h9-12,14,17-18,21,25,27-28,30,38,44H,6-8,13,15-16H2,1-5H3,(H2,37,43)/t21-,25-,27-,28?,30?,36-/m0/s1. The molecule has 0 spiro atoms. The lowest BCUT2D eigenvalue weighted by Gasteiger charge is -2.52. The first-order chi connectivity index (χ1) is 20.8. The van der Waals surface area contributed by atoms with E-state index in [4.69, 9.17) is 5.73 Å². The number of phenolic OH excluding ortho intramolecular Hbond substituents is 1. The molecule has 44 heavy (non-hydrogen) atoms. The number of rotatable bonds is 8. The Balaban J connectivity index is 1.64. The second-order valence-corrected chi connectivity index (χ2v) is 13.4. The second-order valence-electron chi connectivity index (χ2n) is 13.4. The monoisotopic (exact) mass is 601 g/mol. The van der Waals surface area contributed by atoms with Gasteiger partial charge in [-0.3, -0.25) is 24.0 Å². The lowest BCUT2D eigenvalue weighted by atomic mass is 9.49. The zero-order valence-corrected chi connectivity index (χ0v) is 26.2. The molecular formula is C36H43NO7. The number of aromatic hydroxyl groups is 1. The van der Waals surface area contributed by atoms with Gasteiger partial charge >= 0.3 is 0 Å². The number of carbonyl (C=O) groups excluding carboxylic acids is 5. The molecule has 1 amide bonds. The summed E-state index contributed by atoms with van der Waals surface area (Å²) in [6.45, 7) is 9.92. The Morgan fingerprint density at radius 3 is 2.27 bits per heavy atom. The molecular weight excluding hydrogens is 558 g/mol. The summed E-state index contributed by atoms with van der Waals surface area (Å²) in [5.41, 5.74) is 7.46. The highest BCUT2D eigenvalue weighted by Crippen LogP contribution is 2.54. The SMILES string of the molecule is CCc1ccc(CC(CC)CC)cc1-c1ccc(O)c2c1C[C@H]1C[C@H]3[C@H](C(C)C)C(=O)C(C(N)=O)C(=O)[C@@]3(O)C(=O)C1C2=O. The number of primary amides is 1. The van der Waals surface area contributed by atoms with E-state index in [9.17, 15) is 34.2 Å². The zero-order valence-electron chi connectivity index (χ0n) is 26.2. The third-order valence-corrected chi connectivity index (χ3v) is 10.7. The first-order valence-electron chi connectivity index (χ1n) is 16.0. The van der Waals surface area contributed by atoms with Gasteiger partial charge in [-0.2, -0.15) is 0 Å². The van der Waals surface area contributed by atoms with Crippen LogP contribution in [0.5, 0.6) is 5.75 Å². The first-order valence-corrected chi connectivity index (χ1v) is 16.0. The number of Topliss-reactive ketones (excluding diaryl/α,β-unsaturated/α-hetero) is 4. The minimum absolute atomic E-state index is 0.0257. The van der Waals surface area contributed by atoms with Gasteiger partial charge < -0.3 is 15.9 Å². The molecule has 2 unspecified atom stereocenters. The smallest absolute Gasteiger partial charge is 0.235 e. The maximum absolute atomic E-state index is 14.2. The van der Waals surface area contributed by atoms with Crippen LogP contribution in [-0.4, -0.2) is 44.9 Å². The number of fused-ring (bicyclic) bond motifs is 3. The van der Waals surface area contributed by atoms with Crippen LogP contribution in [0.4, 0.5) is 0 Å². The van der Waals surface area contributed by atoms with Crippen LogP contribution in [0.1, 0.15) is 80.9 Å². The van der Waals surface area contributed by atoms with Gasteiger partial charge in [0.25, 0.3) is 0 Å². The minimum atomic E-state index is -2.69. The topological polar surface area (TPSA) is 152 Å². The molecule has 0 radical (unpaired) electrons. The molecule has 8 nitrogen and oxygen atoms in total. The van der Waals surface area contributed by atoms with E-state index >= 15 is 0 Å². The summed E-state index contributed by atoms with van der Waals surface area (Å²) in [4.78, 5) is 67.4. The van der Waals surface area contributed by atoms with Gasteiger partial charge in [0.2, 0.25) is 5.91 Å². The first kappa shape index (κ1) is 31.8. The van der Waals surface area contributed by atoms with Crippen LogP contribution >= 0.6 is 0 Å². The van der Waals surface area contributed by atoms with Crippen LogP contribution < -0.4 is 5.73 Å². The number of hydrogen-bond acceptors (Lipinski definition) is 7. The average Bonchev–Trinajstić information content (AvgIpc) is 2.97. The van der Waals surface area contributed by atoms with E-state index in [-0.39, 0.29) is 24.2 Å². The Morgan fingerprint density at radius 2 is 1.68 bits per heavy atom. The average molecular weight is 602 g/mol. The number of phenols is 1. The molecule has 0 aromatic heterocycles. The lowest BCUT2D eigenvalue weighted by molar-refractivity contribution is -0.182. The fourth-order valence-corrected chi connectivity index (χ4v) is 8.33. The highest BCUT2D eigenvalue weighted by molar-refractivity contribution is 6.32. The van der Waals surface area contributed by atoms with Crippen LogP contribution in [0.25, 0.3) is 11.1 Å². The van der Waals surface area contributed by atoms with E-state index < -0.39 is 70.1 Å². The molecule has 4 N–H and O–H groups in total. The third-order valence-electron chi connectivity index (χ3n) is 10.7. The van der Waals surface area contributed by atoms with E-state index in [1.807, 2.05) is 6.07 Å². The van der Waals surface area contributed by atoms with Gasteiger partial charge in [-0.15, -0.1) is 0 Å². The van der Waals surface area contributed by atoms with Crippen LogP contribution in [0, 0.1) is 41.4 Å². The number of ketones is 4. The van der Waals surface area contributed by atoms with Gasteiger partial charge in [0.05, 0.1) is 11.5 Å². The molecule has 6 atom stereocenters. The molecule has 0 bridgehead atoms. The van der Waals surface area contributed by atoms with Crippen LogP contribution in [0.2, 0.25) is 0 Å². The number of aryl methyl sites for hydroxylation is 1. The summed E-state index contributed by atoms with van der Waals surface area (Å²) in [5.74, 6) is -10.9. The van der Waals surface area contributed by atoms with Crippen molar-refractivity contribution in [1.29, 1.82) is 0 Å². The maximum Gasteiger partial charge on any atom is 0.235 e. The molecule has 0 heterocycles. The van der Waals surface area contributed by atoms with Crippen LogP contribution in [-0.2, 0) is 38.4 Å². The fraction of sp³-hybridized carbons (Fsp3) is 0.528. The van der Waals surface area contributed by atoms with Crippen molar-refractivity contribution in [2.45, 2.75) is 78.7 Å². The molecule has 3 aliphatic rings. The van der Waals surface area contributed by atoms with E-state index in [1.54, 1.807) is 13.8 Å². The molecule has 2 fully saturated rings. The van der Waals surface area contributed by atoms with Crippen molar-refractivity contribution in [2.24, 2.45) is 47.2 Å². The molecule has 3 aliphatic carbocycles. The predicted molar refractivity (Wildman–Crippen MR) is 165 cm³/mol. The summed E-state index contributed by atoms with van der Waals surface area (Å²) in [6.07, 6.45) is 4.13. The van der Waals surface area contributed by atoms with E-state index in [1.165, 1.54) is 11.6 Å². The molecule has 2 aromatic carbocycles. The molecule has 8 heteroatoms. The highest BCUT2D eigenvalue weighted by atomic mass is 16.3. The van der Waals surface area contributed by atoms with Crippen molar-refractivity contribution in [3.63, 3.8) is 0 Å². The molecule has 2 aromatic rings. The molecule has 0 aliphatic heterocycles. The number of hydrogen-bond donors (Lipinski definition) is 3. The summed E-state index contributed by atoms with van der Waals surface area (Å²) < 4.78 is 0. The lowest BCUT2D eigenvalue weighted by Crippen LogP contribution is -2.71. The largest absolute Gasteiger partial charge is 0.507 e. The van der Waals surface area contributed by atoms with Gasteiger partial charge in [-0.1, -0.05) is 71.7 Å². The number of aliphatic hydroxyl groups is 1.